The van der Waals surface area contributed by atoms with Crippen LogP contribution in [0.4, 0.5) is 0 Å². The second kappa shape index (κ2) is 8.00. The van der Waals surface area contributed by atoms with Crippen molar-refractivity contribution >= 4 is 46.6 Å². The highest BCUT2D eigenvalue weighted by Crippen LogP contribution is 2.31. The second-order valence-electron chi connectivity index (χ2n) is 5.61. The van der Waals surface area contributed by atoms with E-state index < -0.39 is 0 Å². The smallest absolute Gasteiger partial charge is 0.257 e. The highest BCUT2D eigenvalue weighted by molar-refractivity contribution is 7.98. The topological polar surface area (TPSA) is 95.7 Å². The highest BCUT2D eigenvalue weighted by atomic mass is 35.5. The molecule has 0 aliphatic carbocycles. The average Bonchev–Trinajstić information content (AvgIpc) is 3.28. The van der Waals surface area contributed by atoms with Crippen LogP contribution in [-0.4, -0.2) is 25.0 Å². The van der Waals surface area contributed by atoms with Gasteiger partial charge < -0.3 is 10.4 Å². The zero-order chi connectivity index (χ0) is 19.7. The van der Waals surface area contributed by atoms with Crippen molar-refractivity contribution in [3.05, 3.63) is 63.4 Å². The fraction of sp³-hybridized carbons (Fsp3) is 0.0588. The van der Waals surface area contributed by atoms with Gasteiger partial charge in [0.15, 0.2) is 11.6 Å². The number of benzene rings is 2. The Morgan fingerprint density at radius 2 is 1.75 bits per heavy atom. The summed E-state index contributed by atoms with van der Waals surface area (Å²) in [5.41, 5.74) is 1.42. The molecule has 2 heterocycles. The molecule has 0 saturated heterocycles. The van der Waals surface area contributed by atoms with E-state index in [1.165, 1.54) is 16.4 Å². The van der Waals surface area contributed by atoms with E-state index in [9.17, 15) is 0 Å². The maximum Gasteiger partial charge on any atom is 0.257 e. The minimum Gasteiger partial charge on any atom is -0.335 e. The van der Waals surface area contributed by atoms with E-state index in [1.54, 1.807) is 30.3 Å². The molecule has 7 nitrogen and oxygen atoms in total. The van der Waals surface area contributed by atoms with E-state index in [-0.39, 0.29) is 0 Å². The molecule has 4 rings (SSSR count). The van der Waals surface area contributed by atoms with Gasteiger partial charge in [0.05, 0.1) is 10.8 Å². The summed E-state index contributed by atoms with van der Waals surface area (Å²) >= 11 is 19.4. The van der Waals surface area contributed by atoms with Crippen LogP contribution in [0.25, 0.3) is 22.8 Å². The average molecular weight is 454 g/mol. The van der Waals surface area contributed by atoms with E-state index >= 15 is 0 Å². The predicted molar refractivity (Wildman–Crippen MR) is 110 cm³/mol. The standard InChI is InChI=1S/C17H11Cl3N6OS/c18-10-3-1-9(2-4-10)16-22-14(25-27-16)8-28-17-24-23-15(26(17)21)12-6-5-11(19)7-13(12)20/h1-7H,8,21H2. The summed E-state index contributed by atoms with van der Waals surface area (Å²) in [5.74, 6) is 7.87. The molecule has 2 aromatic carbocycles. The summed E-state index contributed by atoms with van der Waals surface area (Å²) in [6, 6.07) is 12.2. The lowest BCUT2D eigenvalue weighted by Crippen LogP contribution is -2.11. The molecule has 11 heteroatoms. The van der Waals surface area contributed by atoms with Crippen LogP contribution in [0.5, 0.6) is 0 Å². The van der Waals surface area contributed by atoms with Gasteiger partial charge in [0.1, 0.15) is 0 Å². The van der Waals surface area contributed by atoms with Gasteiger partial charge >= 0.3 is 0 Å². The van der Waals surface area contributed by atoms with Crippen LogP contribution < -0.4 is 5.84 Å². The molecule has 0 bridgehead atoms. The van der Waals surface area contributed by atoms with Crippen LogP contribution in [0.1, 0.15) is 5.82 Å². The summed E-state index contributed by atoms with van der Waals surface area (Å²) in [4.78, 5) is 4.37. The van der Waals surface area contributed by atoms with Crippen LogP contribution in [0, 0.1) is 0 Å². The molecule has 0 saturated carbocycles. The third kappa shape index (κ3) is 3.95. The van der Waals surface area contributed by atoms with Gasteiger partial charge in [-0.05, 0) is 42.5 Å². The van der Waals surface area contributed by atoms with Crippen LogP contribution in [0.3, 0.4) is 0 Å². The lowest BCUT2D eigenvalue weighted by atomic mass is 10.2. The van der Waals surface area contributed by atoms with Crippen molar-refractivity contribution in [2.75, 3.05) is 5.84 Å². The van der Waals surface area contributed by atoms with E-state index in [1.807, 2.05) is 12.1 Å². The molecule has 2 aromatic heterocycles. The first-order valence-electron chi connectivity index (χ1n) is 7.88. The maximum atomic E-state index is 6.22. The quantitative estimate of drug-likeness (QED) is 0.337. The highest BCUT2D eigenvalue weighted by Gasteiger charge is 2.16. The summed E-state index contributed by atoms with van der Waals surface area (Å²) in [6.45, 7) is 0. The first kappa shape index (κ1) is 19.1. The number of thioether (sulfide) groups is 1. The van der Waals surface area contributed by atoms with Gasteiger partial charge in [-0.1, -0.05) is 51.7 Å². The van der Waals surface area contributed by atoms with Gasteiger partial charge in [0.25, 0.3) is 5.89 Å². The minimum atomic E-state index is 0.404. The minimum absolute atomic E-state index is 0.404. The van der Waals surface area contributed by atoms with Crippen LogP contribution in [0.15, 0.2) is 52.1 Å². The molecular formula is C17H11Cl3N6OS. The number of rotatable bonds is 5. The zero-order valence-corrected chi connectivity index (χ0v) is 17.1. The van der Waals surface area contributed by atoms with Crippen molar-refractivity contribution in [3.8, 4) is 22.8 Å². The van der Waals surface area contributed by atoms with Crippen molar-refractivity contribution in [2.45, 2.75) is 10.9 Å². The molecule has 0 aliphatic rings. The SMILES string of the molecule is Nn1c(SCc2noc(-c3ccc(Cl)cc3)n2)nnc1-c1ccc(Cl)cc1Cl. The lowest BCUT2D eigenvalue weighted by Gasteiger charge is -2.05. The van der Waals surface area contributed by atoms with Gasteiger partial charge in [-0.2, -0.15) is 4.98 Å². The van der Waals surface area contributed by atoms with E-state index in [0.29, 0.717) is 49.1 Å². The molecule has 142 valence electrons. The molecule has 0 unspecified atom stereocenters. The van der Waals surface area contributed by atoms with Crippen LogP contribution >= 0.6 is 46.6 Å². The molecule has 4 aromatic rings. The molecule has 0 aliphatic heterocycles. The fourth-order valence-electron chi connectivity index (χ4n) is 2.38. The van der Waals surface area contributed by atoms with E-state index in [4.69, 9.17) is 45.2 Å². The molecule has 0 fully saturated rings. The zero-order valence-electron chi connectivity index (χ0n) is 14.0. The third-order valence-corrected chi connectivity index (χ3v) is 5.47. The van der Waals surface area contributed by atoms with Crippen molar-refractivity contribution in [2.24, 2.45) is 0 Å². The summed E-state index contributed by atoms with van der Waals surface area (Å²) < 4.78 is 6.65. The molecule has 0 amide bonds. The number of nitrogens with zero attached hydrogens (tertiary/aromatic N) is 5. The summed E-state index contributed by atoms with van der Waals surface area (Å²) in [7, 11) is 0. The summed E-state index contributed by atoms with van der Waals surface area (Å²) in [6.07, 6.45) is 0. The lowest BCUT2D eigenvalue weighted by molar-refractivity contribution is 0.425. The Morgan fingerprint density at radius 3 is 2.50 bits per heavy atom. The van der Waals surface area contributed by atoms with Crippen molar-refractivity contribution in [3.63, 3.8) is 0 Å². The Labute approximate surface area is 178 Å². The third-order valence-electron chi connectivity index (χ3n) is 3.73. The molecule has 28 heavy (non-hydrogen) atoms. The van der Waals surface area contributed by atoms with Crippen molar-refractivity contribution < 1.29 is 4.52 Å². The number of aromatic nitrogens is 5. The van der Waals surface area contributed by atoms with E-state index in [0.717, 1.165) is 5.56 Å². The first-order chi connectivity index (χ1) is 13.5. The predicted octanol–water partition coefficient (Wildman–Crippen LogP) is 4.96. The number of nitrogens with two attached hydrogens (primary N) is 1. The Bertz CT molecular complexity index is 1130. The normalized spacial score (nSPS) is 11.1. The fourth-order valence-corrected chi connectivity index (χ4v) is 3.70. The van der Waals surface area contributed by atoms with Gasteiger partial charge in [-0.15, -0.1) is 10.2 Å². The van der Waals surface area contributed by atoms with Gasteiger partial charge in [0.2, 0.25) is 5.16 Å². The Morgan fingerprint density at radius 1 is 1.00 bits per heavy atom. The van der Waals surface area contributed by atoms with E-state index in [2.05, 4.69) is 20.3 Å². The van der Waals surface area contributed by atoms with Gasteiger partial charge in [-0.3, -0.25) is 0 Å². The largest absolute Gasteiger partial charge is 0.335 e. The monoisotopic (exact) mass is 452 g/mol. The molecule has 0 atom stereocenters. The number of nitrogen functional groups attached to an aromatic ring is 1. The Hall–Kier alpha value is -2.26. The van der Waals surface area contributed by atoms with Gasteiger partial charge in [0, 0.05) is 21.2 Å². The van der Waals surface area contributed by atoms with Crippen molar-refractivity contribution in [1.82, 2.24) is 25.0 Å². The van der Waals surface area contributed by atoms with Gasteiger partial charge in [-0.25, -0.2) is 4.68 Å². The first-order valence-corrected chi connectivity index (χ1v) is 10.0. The summed E-state index contributed by atoms with van der Waals surface area (Å²) in [5, 5.41) is 14.3. The molecule has 0 radical (unpaired) electrons. The maximum absolute atomic E-state index is 6.22. The Kier molecular flexibility index (Phi) is 5.45. The van der Waals surface area contributed by atoms with Crippen molar-refractivity contribution in [1.29, 1.82) is 0 Å². The number of halogens is 3. The second-order valence-corrected chi connectivity index (χ2v) is 7.83. The number of hydrogen-bond donors (Lipinski definition) is 1. The van der Waals surface area contributed by atoms with Crippen LogP contribution in [-0.2, 0) is 5.75 Å². The van der Waals surface area contributed by atoms with Crippen LogP contribution in [0.2, 0.25) is 15.1 Å². The Balaban J connectivity index is 1.49. The molecule has 0 spiro atoms. The number of hydrogen-bond acceptors (Lipinski definition) is 7. The molecular weight excluding hydrogens is 443 g/mol. The molecule has 2 N–H and O–H groups in total.